The molecule has 1 heteroatoms. The van der Waals surface area contributed by atoms with E-state index in [1.165, 1.54) is 223 Å². The third kappa shape index (κ3) is 30.3. The van der Waals surface area contributed by atoms with Gasteiger partial charge in [0.05, 0.1) is 5.41 Å². The Labute approximate surface area is 870 Å². The fraction of sp³-hybridized carbons (Fsp3) is 0.287. The van der Waals surface area contributed by atoms with Crippen molar-refractivity contribution in [2.75, 3.05) is 0 Å². The maximum atomic E-state index is 5.69. The van der Waals surface area contributed by atoms with Crippen LogP contribution in [-0.4, -0.2) is 0 Å². The fourth-order valence-electron chi connectivity index (χ4n) is 20.6. The molecule has 17 aromatic rings. The summed E-state index contributed by atoms with van der Waals surface area (Å²) in [5.41, 5.74) is 43.9. The summed E-state index contributed by atoms with van der Waals surface area (Å²) in [4.78, 5) is 0. The summed E-state index contributed by atoms with van der Waals surface area (Å²) in [6.45, 7) is 56.7. The van der Waals surface area contributed by atoms with Crippen molar-refractivity contribution < 1.29 is 4.74 Å². The largest absolute Gasteiger partial charge is 0.457 e. The van der Waals surface area contributed by atoms with E-state index in [-0.39, 0.29) is 21.7 Å². The van der Waals surface area contributed by atoms with Gasteiger partial charge in [0.25, 0.3) is 0 Å². The first-order valence-corrected chi connectivity index (χ1v) is 52.8. The number of rotatable bonds is 12. The van der Waals surface area contributed by atoms with E-state index in [1.54, 1.807) is 0 Å². The van der Waals surface area contributed by atoms with Crippen molar-refractivity contribution in [2.45, 2.75) is 253 Å². The van der Waals surface area contributed by atoms with Crippen molar-refractivity contribution in [3.8, 4) is 22.6 Å². The van der Waals surface area contributed by atoms with Crippen molar-refractivity contribution in [3.63, 3.8) is 0 Å². The van der Waals surface area contributed by atoms with Gasteiger partial charge in [0, 0.05) is 16.2 Å². The highest BCUT2D eigenvalue weighted by Crippen LogP contribution is 2.58. The lowest BCUT2D eigenvalue weighted by molar-refractivity contribution is 0.0682. The minimum absolute atomic E-state index is 0.0708. The SMILES string of the molecule is CC.Cc1ccc(C(C)(C)c2ccc(C)cc2)cc1.Cc1ccc(C)cc1.Cc1ccc(C2(c3ccc(C)cc3)CC(C)(C)CC(C)C2C)cc1.Cc1ccc(C2(c3ccc(C)cc3)CCCCC2)cc1.Cc1ccc(C2(c3ccc(C)cc3)c3ccccc3-c3ccccc32)cc1.Cc1ccc(Cc2ccc(C)cc2)cc1.Cc1ccc(Oc2ccc(C)cc2)cc1.Cc1cccc(C)c1.Cc1ccccc1C. The third-order valence-corrected chi connectivity index (χ3v) is 29.5. The van der Waals surface area contributed by atoms with E-state index in [4.69, 9.17) is 4.74 Å². The maximum Gasteiger partial charge on any atom is 0.127 e. The fourth-order valence-corrected chi connectivity index (χ4v) is 20.6. The van der Waals surface area contributed by atoms with Gasteiger partial charge < -0.3 is 4.74 Å². The summed E-state index contributed by atoms with van der Waals surface area (Å²) >= 11 is 0. The van der Waals surface area contributed by atoms with Crippen LogP contribution in [0, 0.1) is 142 Å². The van der Waals surface area contributed by atoms with Crippen LogP contribution in [0.1, 0.15) is 267 Å². The first kappa shape index (κ1) is 111. The first-order valence-electron chi connectivity index (χ1n) is 52.8. The number of hydrogen-bond acceptors (Lipinski definition) is 1. The Morgan fingerprint density at radius 1 is 0.264 bits per heavy atom. The predicted molar refractivity (Wildman–Crippen MR) is 625 cm³/mol. The van der Waals surface area contributed by atoms with Crippen LogP contribution in [0.25, 0.3) is 11.1 Å². The lowest BCUT2D eigenvalue weighted by atomic mass is 9.51. The lowest BCUT2D eigenvalue weighted by Crippen LogP contribution is -2.47. The van der Waals surface area contributed by atoms with Crippen LogP contribution in [0.2, 0.25) is 0 Å². The Morgan fingerprint density at radius 3 is 0.812 bits per heavy atom. The molecule has 0 aromatic heterocycles. The van der Waals surface area contributed by atoms with Gasteiger partial charge in [-0.2, -0.15) is 0 Å². The molecule has 0 radical (unpaired) electrons. The van der Waals surface area contributed by atoms with Crippen LogP contribution in [-0.2, 0) is 28.1 Å². The number of fused-ring (bicyclic) bond motifs is 3. The molecular weight excluding hydrogens is 1730 g/mol. The Morgan fingerprint density at radius 2 is 0.521 bits per heavy atom. The maximum absolute atomic E-state index is 5.69. The van der Waals surface area contributed by atoms with Gasteiger partial charge >= 0.3 is 0 Å². The molecule has 742 valence electrons. The average Bonchev–Trinajstić information content (AvgIpc) is 1.53. The molecule has 0 spiro atoms. The van der Waals surface area contributed by atoms with Crippen molar-refractivity contribution in [3.05, 3.63) is 579 Å². The van der Waals surface area contributed by atoms with Crippen LogP contribution in [0.3, 0.4) is 0 Å². The van der Waals surface area contributed by atoms with E-state index in [9.17, 15) is 0 Å². The lowest BCUT2D eigenvalue weighted by Gasteiger charge is -2.53. The second-order valence-corrected chi connectivity index (χ2v) is 42.6. The molecule has 0 N–H and O–H groups in total. The van der Waals surface area contributed by atoms with Crippen LogP contribution in [0.5, 0.6) is 11.5 Å². The molecule has 2 fully saturated rings. The van der Waals surface area contributed by atoms with E-state index in [1.807, 2.05) is 62.4 Å². The van der Waals surface area contributed by atoms with E-state index in [2.05, 4.69) is 530 Å². The molecular formula is C143H164O. The van der Waals surface area contributed by atoms with Gasteiger partial charge in [-0.25, -0.2) is 0 Å². The molecule has 0 bridgehead atoms. The number of aryl methyl sites for hydroxylation is 18. The summed E-state index contributed by atoms with van der Waals surface area (Å²) in [6.07, 6.45) is 10.2. The Hall–Kier alpha value is -13.5. The number of benzene rings is 17. The molecule has 0 saturated heterocycles. The molecule has 0 aliphatic heterocycles. The standard InChI is InChI=1S/C27H22.C24H32.C20H24.C17H20.C15H16.C14H14O.3C8H10.C2H6/c1-19-11-15-21(16-12-19)27(22-17-13-20(2)14-18-22)25-9-5-3-7-23(25)24-8-4-6-10-26(24)27;1-17-7-11-21(12-8-17)24(22-13-9-18(2)10-14-22)16-23(5,6)15-19(3)20(24)4;1-16-6-10-18(11-7-16)20(14-4-3-5-15-20)19-12-8-17(2)9-13-19;1-13-5-9-15(10-6-13)17(3,4)16-11-7-14(2)8-12-16;1-12-3-7-14(8-4-12)11-15-9-5-13(2)6-10-15;1-11-3-7-13(8-4-11)15-14-9-5-12(2)6-10-14;1-7-3-5-8(2)6-4-7;1-7-4-3-5-8(2)6-7;1-7-5-3-4-6-8(7)2;1-2/h3-18H,1-2H3;7-14,19-20H,15-16H2,1-6H3;6-13H,3-5,14-15H2,1-2H3;5-12H,1-4H3;3-10H,11H2,1-2H3;3-10H,1-2H3;3*3-6H,1-2H3;1-2H3. The Kier molecular flexibility index (Phi) is 40.6. The molecule has 2 atom stereocenters. The molecule has 0 amide bonds. The zero-order valence-electron chi connectivity index (χ0n) is 92.0. The van der Waals surface area contributed by atoms with Crippen LogP contribution in [0.4, 0.5) is 0 Å². The summed E-state index contributed by atoms with van der Waals surface area (Å²) < 4.78 is 5.69. The summed E-state index contributed by atoms with van der Waals surface area (Å²) in [5.74, 6) is 3.11. The zero-order valence-corrected chi connectivity index (χ0v) is 92.0. The highest BCUT2D eigenvalue weighted by Gasteiger charge is 2.50. The molecule has 0 heterocycles. The van der Waals surface area contributed by atoms with Gasteiger partial charge in [-0.1, -0.05) is 552 Å². The molecule has 17 aromatic carbocycles. The van der Waals surface area contributed by atoms with Crippen molar-refractivity contribution in [1.29, 1.82) is 0 Å². The van der Waals surface area contributed by atoms with Crippen LogP contribution < -0.4 is 4.74 Å². The second-order valence-electron chi connectivity index (χ2n) is 42.6. The molecule has 1 nitrogen and oxygen atoms in total. The molecule has 2 unspecified atom stereocenters. The van der Waals surface area contributed by atoms with Gasteiger partial charge in [0.2, 0.25) is 0 Å². The monoisotopic (exact) mass is 1900 g/mol. The molecule has 3 aliphatic carbocycles. The minimum Gasteiger partial charge on any atom is -0.457 e. The second kappa shape index (κ2) is 52.7. The quantitative estimate of drug-likeness (QED) is 0.118. The van der Waals surface area contributed by atoms with Crippen LogP contribution in [0.15, 0.2) is 413 Å². The van der Waals surface area contributed by atoms with Gasteiger partial charge in [-0.3, -0.25) is 0 Å². The predicted octanol–water partition coefficient (Wildman–Crippen LogP) is 39.5. The number of ether oxygens (including phenoxy) is 1. The summed E-state index contributed by atoms with van der Waals surface area (Å²) in [5, 5.41) is 0. The molecule has 144 heavy (non-hydrogen) atoms. The van der Waals surface area contributed by atoms with Crippen LogP contribution >= 0.6 is 0 Å². The van der Waals surface area contributed by atoms with Crippen molar-refractivity contribution in [1.82, 2.24) is 0 Å². The summed E-state index contributed by atoms with van der Waals surface area (Å²) in [7, 11) is 0. The summed E-state index contributed by atoms with van der Waals surface area (Å²) in [6, 6.07) is 150. The van der Waals surface area contributed by atoms with Gasteiger partial charge in [0.15, 0.2) is 0 Å². The Bertz CT molecular complexity index is 6230. The molecule has 2 saturated carbocycles. The highest BCUT2D eigenvalue weighted by atomic mass is 16.5. The van der Waals surface area contributed by atoms with E-state index in [0.717, 1.165) is 23.8 Å². The van der Waals surface area contributed by atoms with E-state index >= 15 is 0 Å². The first-order chi connectivity index (χ1) is 69.0. The average molecular weight is 1900 g/mol. The minimum atomic E-state index is -0.269. The zero-order chi connectivity index (χ0) is 104. The topological polar surface area (TPSA) is 9.23 Å². The normalized spacial score (nSPS) is 14.4. The Balaban J connectivity index is 0.000000158. The van der Waals surface area contributed by atoms with E-state index in [0.29, 0.717) is 11.3 Å². The van der Waals surface area contributed by atoms with Gasteiger partial charge in [-0.15, -0.1) is 0 Å². The molecule has 20 rings (SSSR count). The third-order valence-electron chi connectivity index (χ3n) is 29.5. The van der Waals surface area contributed by atoms with Gasteiger partial charge in [-0.05, 0) is 287 Å². The van der Waals surface area contributed by atoms with Crippen molar-refractivity contribution >= 4 is 0 Å². The molecule has 3 aliphatic rings. The van der Waals surface area contributed by atoms with Crippen molar-refractivity contribution in [2.24, 2.45) is 17.3 Å². The highest BCUT2D eigenvalue weighted by molar-refractivity contribution is 5.86. The van der Waals surface area contributed by atoms with Gasteiger partial charge in [0.1, 0.15) is 11.5 Å². The van der Waals surface area contributed by atoms with E-state index < -0.39 is 0 Å². The number of hydrogen-bond donors (Lipinski definition) is 0. The smallest absolute Gasteiger partial charge is 0.127 e.